The van der Waals surface area contributed by atoms with Crippen LogP contribution in [0.15, 0.2) is 0 Å². The molecule has 1 saturated heterocycles. The maximum atomic E-state index is 11.0. The maximum absolute atomic E-state index is 11.0. The van der Waals surface area contributed by atoms with Gasteiger partial charge in [-0.3, -0.25) is 9.59 Å². The highest BCUT2D eigenvalue weighted by Gasteiger charge is 2.28. The molecule has 1 aliphatic heterocycles. The van der Waals surface area contributed by atoms with Gasteiger partial charge in [-0.1, -0.05) is 6.92 Å². The second kappa shape index (κ2) is 3.76. The Bertz CT molecular complexity index is 165. The van der Waals surface area contributed by atoms with E-state index in [2.05, 4.69) is 0 Å². The topological polar surface area (TPSA) is 37.4 Å². The molecule has 11 heavy (non-hydrogen) atoms. The van der Waals surface area contributed by atoms with Gasteiger partial charge >= 0.3 is 0 Å². The third-order valence-corrected chi connectivity index (χ3v) is 2.69. The van der Waals surface area contributed by atoms with Crippen molar-refractivity contribution in [1.82, 2.24) is 4.31 Å². The van der Waals surface area contributed by atoms with Crippen LogP contribution in [0.5, 0.6) is 0 Å². The van der Waals surface area contributed by atoms with Gasteiger partial charge in [0.25, 0.3) is 0 Å². The predicted octanol–water partition coefficient (Wildman–Crippen LogP) is 1.19. The van der Waals surface area contributed by atoms with Crippen molar-refractivity contribution < 1.29 is 9.59 Å². The number of carbonyl (C=O) groups is 2. The van der Waals surface area contributed by atoms with Crippen LogP contribution in [-0.2, 0) is 9.59 Å². The van der Waals surface area contributed by atoms with E-state index in [1.54, 1.807) is 0 Å². The average Bonchev–Trinajstić information content (AvgIpc) is 2.29. The van der Waals surface area contributed by atoms with Crippen LogP contribution in [0.2, 0.25) is 0 Å². The second-order valence-corrected chi connectivity index (χ2v) is 3.45. The number of amides is 2. The first-order valence-electron chi connectivity index (χ1n) is 3.74. The smallest absolute Gasteiger partial charge is 0.239 e. The van der Waals surface area contributed by atoms with Gasteiger partial charge < -0.3 is 0 Å². The van der Waals surface area contributed by atoms with Crippen molar-refractivity contribution >= 4 is 23.8 Å². The minimum absolute atomic E-state index is 0.0338. The van der Waals surface area contributed by atoms with Crippen LogP contribution >= 0.6 is 11.9 Å². The Balaban J connectivity index is 2.41. The van der Waals surface area contributed by atoms with Crippen molar-refractivity contribution in [3.05, 3.63) is 0 Å². The monoisotopic (exact) mass is 173 g/mol. The summed E-state index contributed by atoms with van der Waals surface area (Å²) in [5.41, 5.74) is 0. The van der Waals surface area contributed by atoms with E-state index in [-0.39, 0.29) is 11.8 Å². The van der Waals surface area contributed by atoms with Crippen LogP contribution in [-0.4, -0.2) is 21.9 Å². The molecule has 0 unspecified atom stereocenters. The first-order chi connectivity index (χ1) is 5.25. The Morgan fingerprint density at radius 2 is 1.91 bits per heavy atom. The zero-order valence-electron chi connectivity index (χ0n) is 6.50. The van der Waals surface area contributed by atoms with Gasteiger partial charge in [-0.15, -0.1) is 0 Å². The fourth-order valence-electron chi connectivity index (χ4n) is 0.883. The van der Waals surface area contributed by atoms with Crippen LogP contribution in [0, 0.1) is 0 Å². The van der Waals surface area contributed by atoms with E-state index >= 15 is 0 Å². The number of carbonyl (C=O) groups excluding carboxylic acids is 2. The highest BCUT2D eigenvalue weighted by Crippen LogP contribution is 2.21. The van der Waals surface area contributed by atoms with E-state index in [1.165, 1.54) is 16.3 Å². The molecule has 0 saturated carbocycles. The Morgan fingerprint density at radius 1 is 1.36 bits per heavy atom. The molecule has 0 bridgehead atoms. The molecular formula is C7H11NO2S. The van der Waals surface area contributed by atoms with Crippen LogP contribution in [0.3, 0.4) is 0 Å². The van der Waals surface area contributed by atoms with Crippen LogP contribution < -0.4 is 0 Å². The molecule has 0 aromatic carbocycles. The zero-order chi connectivity index (χ0) is 8.27. The van der Waals surface area contributed by atoms with Crippen LogP contribution in [0.25, 0.3) is 0 Å². The van der Waals surface area contributed by atoms with Gasteiger partial charge in [0.15, 0.2) is 0 Å². The summed E-state index contributed by atoms with van der Waals surface area (Å²) in [4.78, 5) is 21.9. The normalized spacial score (nSPS) is 18.1. The Labute approximate surface area is 70.3 Å². The highest BCUT2D eigenvalue weighted by atomic mass is 32.2. The summed E-state index contributed by atoms with van der Waals surface area (Å²) < 4.78 is 1.30. The van der Waals surface area contributed by atoms with E-state index in [0.717, 1.165) is 12.2 Å². The number of hydrogen-bond donors (Lipinski definition) is 0. The van der Waals surface area contributed by atoms with Crippen molar-refractivity contribution in [2.75, 3.05) is 5.75 Å². The van der Waals surface area contributed by atoms with Crippen LogP contribution in [0.1, 0.15) is 26.2 Å². The summed E-state index contributed by atoms with van der Waals surface area (Å²) in [7, 11) is 0. The van der Waals surface area contributed by atoms with Gasteiger partial charge in [0.05, 0.1) is 0 Å². The van der Waals surface area contributed by atoms with E-state index in [9.17, 15) is 9.59 Å². The molecule has 0 radical (unpaired) electrons. The molecule has 0 N–H and O–H groups in total. The van der Waals surface area contributed by atoms with Crippen molar-refractivity contribution in [2.45, 2.75) is 26.2 Å². The van der Waals surface area contributed by atoms with E-state index < -0.39 is 0 Å². The minimum atomic E-state index is -0.0338. The number of rotatable bonds is 3. The van der Waals surface area contributed by atoms with Gasteiger partial charge in [-0.2, -0.15) is 0 Å². The lowest BCUT2D eigenvalue weighted by Crippen LogP contribution is -2.21. The molecular weight excluding hydrogens is 162 g/mol. The quantitative estimate of drug-likeness (QED) is 0.475. The molecule has 0 aromatic rings. The van der Waals surface area contributed by atoms with Crippen molar-refractivity contribution in [3.8, 4) is 0 Å². The lowest BCUT2D eigenvalue weighted by Gasteiger charge is -2.10. The average molecular weight is 173 g/mol. The van der Waals surface area contributed by atoms with E-state index in [4.69, 9.17) is 0 Å². The predicted molar refractivity (Wildman–Crippen MR) is 43.8 cm³/mol. The zero-order valence-corrected chi connectivity index (χ0v) is 7.32. The molecule has 2 amide bonds. The molecule has 4 heteroatoms. The summed E-state index contributed by atoms with van der Waals surface area (Å²) in [6.07, 6.45) is 1.78. The highest BCUT2D eigenvalue weighted by molar-refractivity contribution is 7.98. The number of nitrogens with zero attached hydrogens (tertiary/aromatic N) is 1. The molecule has 1 aliphatic rings. The largest absolute Gasteiger partial charge is 0.273 e. The maximum Gasteiger partial charge on any atom is 0.239 e. The molecule has 0 atom stereocenters. The van der Waals surface area contributed by atoms with Gasteiger partial charge in [-0.05, 0) is 18.4 Å². The number of imide groups is 1. The van der Waals surface area contributed by atoms with Crippen molar-refractivity contribution in [1.29, 1.82) is 0 Å². The summed E-state index contributed by atoms with van der Waals surface area (Å²) >= 11 is 1.33. The Morgan fingerprint density at radius 3 is 2.36 bits per heavy atom. The third kappa shape index (κ3) is 1.96. The molecule has 0 aromatic heterocycles. The molecule has 62 valence electrons. The summed E-state index contributed by atoms with van der Waals surface area (Å²) in [6.45, 7) is 2.03. The van der Waals surface area contributed by atoms with Gasteiger partial charge in [-0.25, -0.2) is 4.31 Å². The Kier molecular flexibility index (Phi) is 2.93. The van der Waals surface area contributed by atoms with Gasteiger partial charge in [0, 0.05) is 18.6 Å². The Hall–Kier alpha value is -0.510. The molecule has 0 spiro atoms. The summed E-state index contributed by atoms with van der Waals surface area (Å²) in [6, 6.07) is 0. The first-order valence-corrected chi connectivity index (χ1v) is 4.68. The van der Waals surface area contributed by atoms with Crippen molar-refractivity contribution in [2.24, 2.45) is 0 Å². The lowest BCUT2D eigenvalue weighted by molar-refractivity contribution is -0.131. The number of hydrogen-bond acceptors (Lipinski definition) is 3. The lowest BCUT2D eigenvalue weighted by atomic mass is 10.4. The molecule has 1 fully saturated rings. The SMILES string of the molecule is CCCSN1C(=O)CCC1=O. The minimum Gasteiger partial charge on any atom is -0.273 e. The van der Waals surface area contributed by atoms with E-state index in [0.29, 0.717) is 12.8 Å². The van der Waals surface area contributed by atoms with Crippen molar-refractivity contribution in [3.63, 3.8) is 0 Å². The first kappa shape index (κ1) is 8.59. The second-order valence-electron chi connectivity index (χ2n) is 2.42. The third-order valence-electron chi connectivity index (χ3n) is 1.43. The van der Waals surface area contributed by atoms with Gasteiger partial charge in [0.1, 0.15) is 0 Å². The van der Waals surface area contributed by atoms with Gasteiger partial charge in [0.2, 0.25) is 11.8 Å². The fraction of sp³-hybridized carbons (Fsp3) is 0.714. The van der Waals surface area contributed by atoms with Crippen LogP contribution in [0.4, 0.5) is 0 Å². The fourth-order valence-corrected chi connectivity index (χ4v) is 1.72. The summed E-state index contributed by atoms with van der Waals surface area (Å²) in [5.74, 6) is 0.777. The van der Waals surface area contributed by atoms with E-state index in [1.807, 2.05) is 6.92 Å². The summed E-state index contributed by atoms with van der Waals surface area (Å²) in [5, 5.41) is 0. The molecule has 1 rings (SSSR count). The molecule has 3 nitrogen and oxygen atoms in total. The standard InChI is InChI=1S/C7H11NO2S/c1-2-5-11-8-6(9)3-4-7(8)10/h2-5H2,1H3. The molecule has 1 heterocycles. The molecule has 0 aliphatic carbocycles.